The minimum atomic E-state index is -0.417. The van der Waals surface area contributed by atoms with E-state index in [1.54, 1.807) is 11.9 Å². The van der Waals surface area contributed by atoms with Crippen LogP contribution >= 0.6 is 11.8 Å². The van der Waals surface area contributed by atoms with E-state index in [9.17, 15) is 9.59 Å². The fourth-order valence-corrected chi connectivity index (χ4v) is 4.70. The maximum atomic E-state index is 11.9. The number of thioether (sulfide) groups is 1. The second-order valence-electron chi connectivity index (χ2n) is 5.06. The fourth-order valence-electron chi connectivity index (χ4n) is 2.90. The number of fused-ring (bicyclic) bond motifs is 1. The molecule has 1 amide bonds. The predicted molar refractivity (Wildman–Crippen MR) is 60.5 cm³/mol. The summed E-state index contributed by atoms with van der Waals surface area (Å²) < 4.78 is -0.417. The lowest BCUT2D eigenvalue weighted by Crippen LogP contribution is -2.70. The van der Waals surface area contributed by atoms with Crippen molar-refractivity contribution < 1.29 is 9.59 Å². The average Bonchev–Trinajstić information content (AvgIpc) is 2.36. The van der Waals surface area contributed by atoms with Gasteiger partial charge in [0.25, 0.3) is 0 Å². The number of hydrogen-bond donors (Lipinski definition) is 0. The third-order valence-electron chi connectivity index (χ3n) is 3.42. The van der Waals surface area contributed by atoms with Crippen LogP contribution in [0.15, 0.2) is 0 Å². The van der Waals surface area contributed by atoms with Crippen molar-refractivity contribution in [3.8, 4) is 0 Å². The second kappa shape index (κ2) is 3.24. The highest BCUT2D eigenvalue weighted by Crippen LogP contribution is 2.55. The number of carbonyl (C=O) groups excluding carboxylic acids is 2. The summed E-state index contributed by atoms with van der Waals surface area (Å²) in [5, 5.41) is 0.179. The van der Waals surface area contributed by atoms with Crippen molar-refractivity contribution in [1.29, 1.82) is 0 Å². The minimum Gasteiger partial charge on any atom is -0.339 e. The molecule has 0 spiro atoms. The smallest absolute Gasteiger partial charge is 0.241 e. The van der Waals surface area contributed by atoms with E-state index < -0.39 is 4.75 Å². The zero-order chi connectivity index (χ0) is 11.4. The first-order valence-corrected chi connectivity index (χ1v) is 6.22. The molecule has 0 saturated carbocycles. The molecule has 84 valence electrons. The summed E-state index contributed by atoms with van der Waals surface area (Å²) in [7, 11) is 1.81. The van der Waals surface area contributed by atoms with Crippen molar-refractivity contribution in [2.24, 2.45) is 11.8 Å². The normalized spacial score (nSPS) is 39.7. The van der Waals surface area contributed by atoms with Crippen LogP contribution in [-0.4, -0.2) is 33.8 Å². The third-order valence-corrected chi connectivity index (χ3v) is 4.94. The minimum absolute atomic E-state index is 0.00329. The molecule has 1 unspecified atom stereocenters. The molecule has 0 N–H and O–H groups in total. The lowest BCUT2D eigenvalue weighted by Gasteiger charge is -2.51. The summed E-state index contributed by atoms with van der Waals surface area (Å²) in [4.78, 5) is 25.4. The predicted octanol–water partition coefficient (Wildman–Crippen LogP) is 1.52. The Hall–Kier alpha value is -0.510. The van der Waals surface area contributed by atoms with Crippen LogP contribution in [0.4, 0.5) is 0 Å². The lowest BCUT2D eigenvalue weighted by atomic mass is 9.76. The third kappa shape index (κ3) is 1.27. The van der Waals surface area contributed by atoms with Gasteiger partial charge in [0, 0.05) is 13.0 Å². The van der Waals surface area contributed by atoms with Crippen molar-refractivity contribution in [3.05, 3.63) is 0 Å². The Labute approximate surface area is 94.6 Å². The first-order valence-electron chi connectivity index (χ1n) is 5.40. The molecule has 0 bridgehead atoms. The highest BCUT2D eigenvalue weighted by Gasteiger charge is 2.67. The molecule has 15 heavy (non-hydrogen) atoms. The van der Waals surface area contributed by atoms with Crippen molar-refractivity contribution in [1.82, 2.24) is 4.90 Å². The molecule has 4 heteroatoms. The number of amides is 1. The Bertz CT molecular complexity index is 329. The Morgan fingerprint density at radius 3 is 2.60 bits per heavy atom. The largest absolute Gasteiger partial charge is 0.339 e. The molecule has 0 aromatic carbocycles. The Morgan fingerprint density at radius 2 is 2.07 bits per heavy atom. The number of carbonyl (C=O) groups is 2. The monoisotopic (exact) mass is 227 g/mol. The van der Waals surface area contributed by atoms with E-state index in [0.717, 1.165) is 6.42 Å². The molecule has 0 aliphatic carbocycles. The summed E-state index contributed by atoms with van der Waals surface area (Å²) in [5.74, 6) is 0.594. The molecule has 3 atom stereocenters. The Morgan fingerprint density at radius 1 is 1.47 bits per heavy atom. The van der Waals surface area contributed by atoms with E-state index >= 15 is 0 Å². The fraction of sp³-hybridized carbons (Fsp3) is 0.818. The first-order chi connectivity index (χ1) is 6.90. The molecule has 2 fully saturated rings. The van der Waals surface area contributed by atoms with Crippen molar-refractivity contribution in [3.63, 3.8) is 0 Å². The van der Waals surface area contributed by atoms with Crippen LogP contribution in [0.25, 0.3) is 0 Å². The maximum absolute atomic E-state index is 11.9. The van der Waals surface area contributed by atoms with Crippen LogP contribution in [0.5, 0.6) is 0 Å². The molecular weight excluding hydrogens is 210 g/mol. The van der Waals surface area contributed by atoms with E-state index in [1.807, 2.05) is 6.92 Å². The molecule has 0 aromatic rings. The standard InChI is InChI=1S/C11H17NO2S/c1-6(2)5-11-8(12(4)10(11)14)7(3)9(13)15-11/h6-8H,5H2,1-4H3/t7?,8-,11+/m0/s1. The highest BCUT2D eigenvalue weighted by molar-refractivity contribution is 8.16. The molecule has 3 nitrogen and oxygen atoms in total. The lowest BCUT2D eigenvalue weighted by molar-refractivity contribution is -0.152. The number of likely N-dealkylation sites (tertiary alicyclic amines) is 1. The van der Waals surface area contributed by atoms with Crippen molar-refractivity contribution in [2.45, 2.75) is 38.0 Å². The van der Waals surface area contributed by atoms with Gasteiger partial charge in [0.05, 0.1) is 6.04 Å². The summed E-state index contributed by atoms with van der Waals surface area (Å²) in [6, 6.07) is 0.130. The molecule has 0 aromatic heterocycles. The number of hydrogen-bond acceptors (Lipinski definition) is 3. The van der Waals surface area contributed by atoms with Gasteiger partial charge in [-0.15, -0.1) is 0 Å². The Balaban J connectivity index is 2.30. The molecular formula is C11H17NO2S. The topological polar surface area (TPSA) is 37.4 Å². The zero-order valence-electron chi connectivity index (χ0n) is 9.61. The van der Waals surface area contributed by atoms with Gasteiger partial charge in [-0.1, -0.05) is 32.5 Å². The van der Waals surface area contributed by atoms with Crippen LogP contribution in [0.1, 0.15) is 27.2 Å². The summed E-state index contributed by atoms with van der Waals surface area (Å²) in [6.07, 6.45) is 0.821. The zero-order valence-corrected chi connectivity index (χ0v) is 10.4. The SMILES string of the molecule is CC(C)C[C@@]12SC(=O)C(C)[C@@H]1N(C)C2=O. The van der Waals surface area contributed by atoms with Crippen LogP contribution < -0.4 is 0 Å². The average molecular weight is 227 g/mol. The van der Waals surface area contributed by atoms with E-state index in [2.05, 4.69) is 13.8 Å². The number of β-lactam (4-membered cyclic amide) rings is 1. The van der Waals surface area contributed by atoms with E-state index in [-0.39, 0.29) is 23.0 Å². The van der Waals surface area contributed by atoms with Gasteiger partial charge in [0.2, 0.25) is 5.91 Å². The maximum Gasteiger partial charge on any atom is 0.241 e. The molecule has 2 rings (SSSR count). The van der Waals surface area contributed by atoms with Crippen molar-refractivity contribution in [2.75, 3.05) is 7.05 Å². The van der Waals surface area contributed by atoms with E-state index in [4.69, 9.17) is 0 Å². The van der Waals surface area contributed by atoms with Gasteiger partial charge < -0.3 is 4.90 Å². The van der Waals surface area contributed by atoms with E-state index in [1.165, 1.54) is 11.8 Å². The summed E-state index contributed by atoms with van der Waals surface area (Å²) in [6.45, 7) is 6.14. The highest BCUT2D eigenvalue weighted by atomic mass is 32.2. The first kappa shape index (κ1) is 11.0. The second-order valence-corrected chi connectivity index (χ2v) is 6.39. The van der Waals surface area contributed by atoms with Crippen molar-refractivity contribution >= 4 is 22.8 Å². The van der Waals surface area contributed by atoms with Gasteiger partial charge in [-0.25, -0.2) is 0 Å². The Kier molecular flexibility index (Phi) is 2.37. The molecule has 0 radical (unpaired) electrons. The van der Waals surface area contributed by atoms with Gasteiger partial charge in [-0.05, 0) is 12.3 Å². The number of nitrogens with zero attached hydrogens (tertiary/aromatic N) is 1. The summed E-state index contributed by atoms with van der Waals surface area (Å²) in [5.41, 5.74) is 0. The van der Waals surface area contributed by atoms with Crippen LogP contribution in [-0.2, 0) is 9.59 Å². The molecule has 2 aliphatic heterocycles. The quantitative estimate of drug-likeness (QED) is 0.671. The van der Waals surface area contributed by atoms with Gasteiger partial charge in [-0.3, -0.25) is 9.59 Å². The van der Waals surface area contributed by atoms with Gasteiger partial charge >= 0.3 is 0 Å². The van der Waals surface area contributed by atoms with Gasteiger partial charge in [-0.2, -0.15) is 0 Å². The van der Waals surface area contributed by atoms with Crippen LogP contribution in [0.2, 0.25) is 0 Å². The molecule has 2 aliphatic rings. The van der Waals surface area contributed by atoms with Crippen LogP contribution in [0, 0.1) is 11.8 Å². The summed E-state index contributed by atoms with van der Waals surface area (Å²) >= 11 is 1.28. The van der Waals surface area contributed by atoms with Gasteiger partial charge in [0.15, 0.2) is 5.12 Å². The number of rotatable bonds is 2. The van der Waals surface area contributed by atoms with Crippen LogP contribution in [0.3, 0.4) is 0 Å². The van der Waals surface area contributed by atoms with E-state index in [0.29, 0.717) is 5.92 Å². The van der Waals surface area contributed by atoms with Gasteiger partial charge in [0.1, 0.15) is 4.75 Å². The molecule has 2 heterocycles. The molecule has 2 saturated heterocycles.